The molecule has 1 aromatic rings. The molecule has 1 N–H and O–H groups in total. The molecule has 0 aliphatic carbocycles. The third-order valence-electron chi connectivity index (χ3n) is 0.973. The zero-order valence-electron chi connectivity index (χ0n) is 5.72. The highest BCUT2D eigenvalue weighted by Gasteiger charge is 2.03. The Balaban J connectivity index is 3.01. The van der Waals surface area contributed by atoms with Crippen molar-refractivity contribution >= 4 is 11.1 Å². The van der Waals surface area contributed by atoms with Crippen molar-refractivity contribution in [2.75, 3.05) is 7.11 Å². The van der Waals surface area contributed by atoms with Crippen LogP contribution in [0.4, 0.5) is 0 Å². The topological polar surface area (TPSA) is 72.3 Å². The molecule has 1 rings (SSSR count). The number of nitrogens with zero attached hydrogens (tertiary/aromatic N) is 2. The minimum Gasteiger partial charge on any atom is -0.481 e. The van der Waals surface area contributed by atoms with Crippen LogP contribution in [-0.2, 0) is 11.1 Å². The molecule has 1 atom stereocenters. The average Bonchev–Trinajstić information content (AvgIpc) is 2.05. The molecule has 0 saturated carbocycles. The van der Waals surface area contributed by atoms with Crippen molar-refractivity contribution < 1.29 is 13.5 Å². The van der Waals surface area contributed by atoms with Crippen molar-refractivity contribution in [1.82, 2.24) is 9.97 Å². The van der Waals surface area contributed by atoms with Crippen molar-refractivity contribution in [3.63, 3.8) is 0 Å². The fourth-order valence-electron chi connectivity index (χ4n) is 0.523. The van der Waals surface area contributed by atoms with E-state index in [-0.39, 0.29) is 11.0 Å². The van der Waals surface area contributed by atoms with E-state index >= 15 is 0 Å². The zero-order valence-corrected chi connectivity index (χ0v) is 6.54. The predicted octanol–water partition coefficient (Wildman–Crippen LogP) is 0.0658. The van der Waals surface area contributed by atoms with Gasteiger partial charge in [0.1, 0.15) is 0 Å². The molecule has 0 aliphatic rings. The van der Waals surface area contributed by atoms with Crippen molar-refractivity contribution in [2.45, 2.75) is 5.16 Å². The Hall–Kier alpha value is -1.01. The van der Waals surface area contributed by atoms with Gasteiger partial charge in [0.25, 0.3) is 0 Å². The number of rotatable bonds is 2. The number of ether oxygens (including phenoxy) is 1. The van der Waals surface area contributed by atoms with Gasteiger partial charge in [-0.3, -0.25) is 4.55 Å². The summed E-state index contributed by atoms with van der Waals surface area (Å²) in [5, 5.41) is -0.149. The molecule has 11 heavy (non-hydrogen) atoms. The molecular formula is C5H6N2O3S. The summed E-state index contributed by atoms with van der Waals surface area (Å²) in [6, 6.07) is 1.50. The Morgan fingerprint density at radius 2 is 2.45 bits per heavy atom. The Morgan fingerprint density at radius 1 is 1.73 bits per heavy atom. The maximum atomic E-state index is 10.4. The van der Waals surface area contributed by atoms with Crippen LogP contribution < -0.4 is 4.74 Å². The summed E-state index contributed by atoms with van der Waals surface area (Å²) in [6.07, 6.45) is 1.36. The van der Waals surface area contributed by atoms with Crippen LogP contribution in [0.3, 0.4) is 0 Å². The summed E-state index contributed by atoms with van der Waals surface area (Å²) in [7, 11) is 1.42. The summed E-state index contributed by atoms with van der Waals surface area (Å²) in [4.78, 5) is 7.15. The standard InChI is InChI=1S/C5H6N2O3S/c1-10-4-2-3-6-5(7-4)11(8)9/h2-3H,1H3,(H,8,9). The zero-order chi connectivity index (χ0) is 8.27. The SMILES string of the molecule is COc1ccnc(S(=O)O)n1. The average molecular weight is 174 g/mol. The van der Waals surface area contributed by atoms with E-state index in [0.717, 1.165) is 0 Å². The molecule has 0 amide bonds. The van der Waals surface area contributed by atoms with Gasteiger partial charge in [0.05, 0.1) is 7.11 Å². The van der Waals surface area contributed by atoms with Gasteiger partial charge in [0.15, 0.2) is 0 Å². The van der Waals surface area contributed by atoms with E-state index in [9.17, 15) is 4.21 Å². The van der Waals surface area contributed by atoms with Crippen LogP contribution in [-0.4, -0.2) is 25.8 Å². The Morgan fingerprint density at radius 3 is 3.00 bits per heavy atom. The fraction of sp³-hybridized carbons (Fsp3) is 0.200. The highest BCUT2D eigenvalue weighted by Crippen LogP contribution is 2.04. The van der Waals surface area contributed by atoms with E-state index in [1.165, 1.54) is 19.4 Å². The molecule has 0 fully saturated rings. The fourth-order valence-corrected chi connectivity index (χ4v) is 0.842. The van der Waals surface area contributed by atoms with Gasteiger partial charge in [-0.15, -0.1) is 0 Å². The first kappa shape index (κ1) is 8.09. The molecule has 5 nitrogen and oxygen atoms in total. The van der Waals surface area contributed by atoms with Crippen LogP contribution in [0.25, 0.3) is 0 Å². The van der Waals surface area contributed by atoms with Gasteiger partial charge in [0, 0.05) is 12.3 Å². The lowest BCUT2D eigenvalue weighted by Gasteiger charge is -1.97. The normalized spacial score (nSPS) is 12.5. The number of hydrogen-bond donors (Lipinski definition) is 1. The Kier molecular flexibility index (Phi) is 2.50. The Labute approximate surface area is 65.7 Å². The first-order chi connectivity index (χ1) is 5.24. The van der Waals surface area contributed by atoms with E-state index in [1.807, 2.05) is 0 Å². The predicted molar refractivity (Wildman–Crippen MR) is 37.6 cm³/mol. The molecule has 0 saturated heterocycles. The molecule has 1 aromatic heterocycles. The van der Waals surface area contributed by atoms with Crippen molar-refractivity contribution in [3.8, 4) is 5.88 Å². The van der Waals surface area contributed by atoms with Gasteiger partial charge in [-0.25, -0.2) is 9.19 Å². The van der Waals surface area contributed by atoms with Crippen molar-refractivity contribution in [2.24, 2.45) is 0 Å². The second-order valence-corrected chi connectivity index (χ2v) is 2.49. The lowest BCUT2D eigenvalue weighted by molar-refractivity contribution is 0.391. The number of hydrogen-bond acceptors (Lipinski definition) is 4. The monoisotopic (exact) mass is 174 g/mol. The van der Waals surface area contributed by atoms with Crippen LogP contribution in [0.15, 0.2) is 17.4 Å². The molecule has 0 bridgehead atoms. The summed E-state index contributed by atoms with van der Waals surface area (Å²) in [5.74, 6) is 0.275. The molecule has 6 heteroatoms. The highest BCUT2D eigenvalue weighted by molar-refractivity contribution is 7.79. The number of aromatic nitrogens is 2. The maximum absolute atomic E-state index is 10.4. The molecular weight excluding hydrogens is 168 g/mol. The lowest BCUT2D eigenvalue weighted by Crippen LogP contribution is -1.98. The van der Waals surface area contributed by atoms with Crippen LogP contribution in [0.1, 0.15) is 0 Å². The molecule has 60 valence electrons. The summed E-state index contributed by atoms with van der Waals surface area (Å²) < 4.78 is 23.6. The molecule has 1 heterocycles. The molecule has 0 aliphatic heterocycles. The Bertz CT molecular complexity index is 278. The highest BCUT2D eigenvalue weighted by atomic mass is 32.2. The van der Waals surface area contributed by atoms with Gasteiger partial charge < -0.3 is 4.74 Å². The van der Waals surface area contributed by atoms with Crippen molar-refractivity contribution in [1.29, 1.82) is 0 Å². The third-order valence-corrected chi connectivity index (χ3v) is 1.48. The van der Waals surface area contributed by atoms with Crippen LogP contribution in [0, 0.1) is 0 Å². The van der Waals surface area contributed by atoms with Gasteiger partial charge in [-0.2, -0.15) is 4.98 Å². The summed E-state index contributed by atoms with van der Waals surface area (Å²) in [6.45, 7) is 0. The van der Waals surface area contributed by atoms with Crippen LogP contribution in [0.5, 0.6) is 5.88 Å². The van der Waals surface area contributed by atoms with E-state index in [2.05, 4.69) is 9.97 Å². The third kappa shape index (κ3) is 1.95. The minimum atomic E-state index is -2.14. The minimum absolute atomic E-state index is 0.149. The second kappa shape index (κ2) is 3.40. The van der Waals surface area contributed by atoms with Crippen LogP contribution in [0.2, 0.25) is 0 Å². The van der Waals surface area contributed by atoms with E-state index in [4.69, 9.17) is 9.29 Å². The molecule has 1 unspecified atom stereocenters. The van der Waals surface area contributed by atoms with Gasteiger partial charge in [-0.1, -0.05) is 0 Å². The summed E-state index contributed by atoms with van der Waals surface area (Å²) in [5.41, 5.74) is 0. The van der Waals surface area contributed by atoms with E-state index in [0.29, 0.717) is 0 Å². The first-order valence-corrected chi connectivity index (χ1v) is 3.82. The van der Waals surface area contributed by atoms with Gasteiger partial charge >= 0.3 is 0 Å². The largest absolute Gasteiger partial charge is 0.481 e. The van der Waals surface area contributed by atoms with E-state index < -0.39 is 11.1 Å². The molecule has 0 aromatic carbocycles. The van der Waals surface area contributed by atoms with Crippen LogP contribution >= 0.6 is 0 Å². The first-order valence-electron chi connectivity index (χ1n) is 2.72. The van der Waals surface area contributed by atoms with E-state index in [1.54, 1.807) is 0 Å². The van der Waals surface area contributed by atoms with Gasteiger partial charge in [-0.05, 0) is 0 Å². The smallest absolute Gasteiger partial charge is 0.250 e. The maximum Gasteiger partial charge on any atom is 0.250 e. The second-order valence-electron chi connectivity index (χ2n) is 1.63. The molecule has 0 spiro atoms. The number of methoxy groups -OCH3 is 1. The molecule has 0 radical (unpaired) electrons. The quantitative estimate of drug-likeness (QED) is 0.507. The lowest BCUT2D eigenvalue weighted by atomic mass is 10.6. The van der Waals surface area contributed by atoms with Crippen molar-refractivity contribution in [3.05, 3.63) is 12.3 Å². The summed E-state index contributed by atoms with van der Waals surface area (Å²) >= 11 is -2.14. The van der Waals surface area contributed by atoms with Gasteiger partial charge in [0.2, 0.25) is 22.1 Å².